The van der Waals surface area contributed by atoms with Gasteiger partial charge in [-0.05, 0) is 44.4 Å². The zero-order chi connectivity index (χ0) is 14.3. The van der Waals surface area contributed by atoms with Gasteiger partial charge in [0.15, 0.2) is 5.69 Å². The Morgan fingerprint density at radius 2 is 2.14 bits per heavy atom. The predicted molar refractivity (Wildman–Crippen MR) is 86.2 cm³/mol. The molecule has 0 saturated carbocycles. The van der Waals surface area contributed by atoms with Crippen LogP contribution in [0.2, 0.25) is 0 Å². The Morgan fingerprint density at radius 3 is 2.81 bits per heavy atom. The normalized spacial score (nSPS) is 13.5. The lowest BCUT2D eigenvalue weighted by molar-refractivity contribution is 0.0980. The maximum atomic E-state index is 12.7. The Hall–Kier alpha value is -2.01. The van der Waals surface area contributed by atoms with E-state index in [4.69, 9.17) is 5.73 Å². The van der Waals surface area contributed by atoms with Crippen molar-refractivity contribution in [2.24, 2.45) is 0 Å². The first-order chi connectivity index (χ1) is 9.59. The molecule has 0 unspecified atom stereocenters. The van der Waals surface area contributed by atoms with Crippen LogP contribution in [0.25, 0.3) is 0 Å². The smallest absolute Gasteiger partial charge is 0.279 e. The molecular formula is C15H19ClN4O. The van der Waals surface area contributed by atoms with Gasteiger partial charge in [0.1, 0.15) is 0 Å². The van der Waals surface area contributed by atoms with Gasteiger partial charge in [0.05, 0.1) is 0 Å². The molecule has 1 aromatic carbocycles. The Labute approximate surface area is 129 Å². The van der Waals surface area contributed by atoms with Gasteiger partial charge in [-0.1, -0.05) is 6.07 Å². The van der Waals surface area contributed by atoms with E-state index >= 15 is 0 Å². The number of nitrogens with zero attached hydrogens (tertiary/aromatic N) is 2. The molecule has 3 rings (SSSR count). The highest BCUT2D eigenvalue weighted by Crippen LogP contribution is 2.32. The van der Waals surface area contributed by atoms with Crippen LogP contribution in [-0.2, 0) is 6.42 Å². The van der Waals surface area contributed by atoms with Crippen molar-refractivity contribution in [2.75, 3.05) is 17.2 Å². The SMILES string of the molecule is Cc1[nH]nc(C(=O)N2CCCc3c(N)cccc32)c1C.Cl. The van der Waals surface area contributed by atoms with Gasteiger partial charge < -0.3 is 10.6 Å². The van der Waals surface area contributed by atoms with E-state index in [-0.39, 0.29) is 18.3 Å². The van der Waals surface area contributed by atoms with E-state index in [9.17, 15) is 4.79 Å². The van der Waals surface area contributed by atoms with Crippen LogP contribution in [0.3, 0.4) is 0 Å². The quantitative estimate of drug-likeness (QED) is 0.795. The van der Waals surface area contributed by atoms with E-state index in [1.165, 1.54) is 0 Å². The van der Waals surface area contributed by atoms with Crippen molar-refractivity contribution in [3.8, 4) is 0 Å². The largest absolute Gasteiger partial charge is 0.398 e. The molecule has 0 atom stereocenters. The molecule has 2 heterocycles. The molecule has 2 aromatic rings. The zero-order valence-electron chi connectivity index (χ0n) is 12.1. The van der Waals surface area contributed by atoms with E-state index in [1.54, 1.807) is 4.90 Å². The van der Waals surface area contributed by atoms with Gasteiger partial charge in [-0.15, -0.1) is 12.4 Å². The summed E-state index contributed by atoms with van der Waals surface area (Å²) in [6, 6.07) is 5.73. The summed E-state index contributed by atoms with van der Waals surface area (Å²) in [6.07, 6.45) is 1.85. The van der Waals surface area contributed by atoms with E-state index in [1.807, 2.05) is 32.0 Å². The number of fused-ring (bicyclic) bond motifs is 1. The summed E-state index contributed by atoms with van der Waals surface area (Å²) in [5.41, 5.74) is 11.1. The van der Waals surface area contributed by atoms with Gasteiger partial charge in [-0.25, -0.2) is 0 Å². The summed E-state index contributed by atoms with van der Waals surface area (Å²) < 4.78 is 0. The van der Waals surface area contributed by atoms with Gasteiger partial charge in [-0.3, -0.25) is 9.89 Å². The molecule has 5 nitrogen and oxygen atoms in total. The Morgan fingerprint density at radius 1 is 1.38 bits per heavy atom. The minimum atomic E-state index is -0.0570. The number of hydrogen-bond donors (Lipinski definition) is 2. The average molecular weight is 307 g/mol. The van der Waals surface area contributed by atoms with Crippen LogP contribution in [0.5, 0.6) is 0 Å². The minimum absolute atomic E-state index is 0. The predicted octanol–water partition coefficient (Wildman–Crippen LogP) is 2.62. The topological polar surface area (TPSA) is 75.0 Å². The first-order valence-corrected chi connectivity index (χ1v) is 6.80. The summed E-state index contributed by atoms with van der Waals surface area (Å²) in [4.78, 5) is 14.5. The monoisotopic (exact) mass is 306 g/mol. The van der Waals surface area contributed by atoms with Crippen LogP contribution in [0, 0.1) is 13.8 Å². The second-order valence-electron chi connectivity index (χ2n) is 5.23. The van der Waals surface area contributed by atoms with Crippen molar-refractivity contribution in [3.63, 3.8) is 0 Å². The summed E-state index contributed by atoms with van der Waals surface area (Å²) in [5, 5.41) is 7.01. The average Bonchev–Trinajstić information content (AvgIpc) is 2.78. The van der Waals surface area contributed by atoms with Crippen molar-refractivity contribution in [3.05, 3.63) is 40.7 Å². The first kappa shape index (κ1) is 15.4. The number of carbonyl (C=O) groups is 1. The zero-order valence-corrected chi connectivity index (χ0v) is 13.0. The fourth-order valence-corrected chi connectivity index (χ4v) is 2.68. The van der Waals surface area contributed by atoms with Gasteiger partial charge in [-0.2, -0.15) is 5.10 Å². The molecule has 0 spiro atoms. The standard InChI is InChI=1S/C15H18N4O.ClH/c1-9-10(2)17-18-14(9)15(20)19-8-4-5-11-12(16)6-3-7-13(11)19;/h3,6-7H,4-5,8,16H2,1-2H3,(H,17,18);1H. The lowest BCUT2D eigenvalue weighted by Crippen LogP contribution is -2.36. The highest BCUT2D eigenvalue weighted by Gasteiger charge is 2.27. The molecule has 0 saturated heterocycles. The third kappa shape index (κ3) is 2.49. The van der Waals surface area contributed by atoms with E-state index in [0.29, 0.717) is 12.2 Å². The van der Waals surface area contributed by atoms with E-state index in [0.717, 1.165) is 41.0 Å². The number of amides is 1. The number of aryl methyl sites for hydroxylation is 1. The van der Waals surface area contributed by atoms with Crippen molar-refractivity contribution >= 4 is 29.7 Å². The fraction of sp³-hybridized carbons (Fsp3) is 0.333. The molecule has 1 aliphatic rings. The number of aromatic amines is 1. The number of anilines is 2. The molecule has 1 aromatic heterocycles. The van der Waals surface area contributed by atoms with E-state index < -0.39 is 0 Å². The Kier molecular flexibility index (Phi) is 4.23. The Balaban J connectivity index is 0.00000161. The molecule has 1 aliphatic heterocycles. The maximum Gasteiger partial charge on any atom is 0.279 e. The first-order valence-electron chi connectivity index (χ1n) is 6.80. The van der Waals surface area contributed by atoms with Crippen molar-refractivity contribution < 1.29 is 4.79 Å². The number of nitrogen functional groups attached to an aromatic ring is 1. The molecule has 0 radical (unpaired) electrons. The highest BCUT2D eigenvalue weighted by atomic mass is 35.5. The van der Waals surface area contributed by atoms with E-state index in [2.05, 4.69) is 10.2 Å². The number of nitrogens with one attached hydrogen (secondary N) is 1. The highest BCUT2D eigenvalue weighted by molar-refractivity contribution is 6.06. The number of benzene rings is 1. The van der Waals surface area contributed by atoms with Crippen LogP contribution >= 0.6 is 12.4 Å². The minimum Gasteiger partial charge on any atom is -0.398 e. The third-order valence-corrected chi connectivity index (χ3v) is 3.99. The number of H-pyrrole nitrogens is 1. The molecule has 1 amide bonds. The van der Waals surface area contributed by atoms with Crippen LogP contribution in [0.1, 0.15) is 33.7 Å². The molecule has 0 bridgehead atoms. The number of halogens is 1. The molecule has 0 fully saturated rings. The number of carbonyl (C=O) groups excluding carboxylic acids is 1. The summed E-state index contributed by atoms with van der Waals surface area (Å²) in [7, 11) is 0. The summed E-state index contributed by atoms with van der Waals surface area (Å²) in [6.45, 7) is 4.54. The number of hydrogen-bond acceptors (Lipinski definition) is 3. The second kappa shape index (κ2) is 5.77. The van der Waals surface area contributed by atoms with Crippen LogP contribution in [0.15, 0.2) is 18.2 Å². The maximum absolute atomic E-state index is 12.7. The summed E-state index contributed by atoms with van der Waals surface area (Å²) in [5.74, 6) is -0.0570. The van der Waals surface area contributed by atoms with Crippen LogP contribution in [-0.4, -0.2) is 22.6 Å². The molecular weight excluding hydrogens is 288 g/mol. The van der Waals surface area contributed by atoms with Crippen molar-refractivity contribution in [2.45, 2.75) is 26.7 Å². The van der Waals surface area contributed by atoms with Gasteiger partial charge in [0.25, 0.3) is 5.91 Å². The second-order valence-corrected chi connectivity index (χ2v) is 5.23. The van der Waals surface area contributed by atoms with Gasteiger partial charge >= 0.3 is 0 Å². The summed E-state index contributed by atoms with van der Waals surface area (Å²) >= 11 is 0. The molecule has 6 heteroatoms. The van der Waals surface area contributed by atoms with Crippen LogP contribution in [0.4, 0.5) is 11.4 Å². The van der Waals surface area contributed by atoms with Crippen molar-refractivity contribution in [1.29, 1.82) is 0 Å². The van der Waals surface area contributed by atoms with Gasteiger partial charge in [0.2, 0.25) is 0 Å². The molecule has 0 aliphatic carbocycles. The third-order valence-electron chi connectivity index (χ3n) is 3.99. The molecule has 21 heavy (non-hydrogen) atoms. The lowest BCUT2D eigenvalue weighted by atomic mass is 9.99. The van der Waals surface area contributed by atoms with Crippen molar-refractivity contribution in [1.82, 2.24) is 10.2 Å². The number of nitrogens with two attached hydrogens (primary N) is 1. The molecule has 3 N–H and O–H groups in total. The van der Waals surface area contributed by atoms with Crippen LogP contribution < -0.4 is 10.6 Å². The molecule has 112 valence electrons. The number of aromatic nitrogens is 2. The number of rotatable bonds is 1. The fourth-order valence-electron chi connectivity index (χ4n) is 2.68. The Bertz CT molecular complexity index is 680. The lowest BCUT2D eigenvalue weighted by Gasteiger charge is -2.29. The van der Waals surface area contributed by atoms with Gasteiger partial charge in [0, 0.05) is 29.2 Å².